The average molecular weight is 290 g/mol. The lowest BCUT2D eigenvalue weighted by Gasteiger charge is -2.25. The van der Waals surface area contributed by atoms with E-state index in [9.17, 15) is 4.79 Å². The second kappa shape index (κ2) is 6.13. The fourth-order valence-corrected chi connectivity index (χ4v) is 3.15. The first-order valence-corrected chi connectivity index (χ1v) is 7.58. The third-order valence-electron chi connectivity index (χ3n) is 4.47. The first-order valence-electron chi connectivity index (χ1n) is 7.58. The number of nitrogens with one attached hydrogen (secondary N) is 1. The zero-order chi connectivity index (χ0) is 14.7. The topological polar surface area (TPSA) is 73.6 Å². The van der Waals surface area contributed by atoms with E-state index >= 15 is 0 Å². The second-order valence-corrected chi connectivity index (χ2v) is 5.84. The Morgan fingerprint density at radius 1 is 1.29 bits per heavy atom. The predicted octanol–water partition coefficient (Wildman–Crippen LogP) is 2.19. The van der Waals surface area contributed by atoms with E-state index in [1.165, 1.54) is 0 Å². The van der Waals surface area contributed by atoms with Crippen molar-refractivity contribution in [1.82, 2.24) is 0 Å². The summed E-state index contributed by atoms with van der Waals surface area (Å²) in [5, 5.41) is 3.01. The lowest BCUT2D eigenvalue weighted by molar-refractivity contribution is -0.124. The number of carbonyl (C=O) groups is 1. The van der Waals surface area contributed by atoms with E-state index in [1.54, 1.807) is 0 Å². The summed E-state index contributed by atoms with van der Waals surface area (Å²) in [4.78, 5) is 12.5. The van der Waals surface area contributed by atoms with Gasteiger partial charge in [-0.2, -0.15) is 0 Å². The minimum Gasteiger partial charge on any atom is -0.346 e. The molecule has 0 radical (unpaired) electrons. The van der Waals surface area contributed by atoms with Crippen molar-refractivity contribution in [2.75, 3.05) is 25.1 Å². The summed E-state index contributed by atoms with van der Waals surface area (Å²) in [6.07, 6.45) is 3.59. The van der Waals surface area contributed by atoms with E-state index < -0.39 is 5.41 Å². The standard InChI is InChI=1S/C16H22N2O3/c17-11-16(6-1-2-7-16)15(19)18-13-5-3-4-12(10-13)14-20-8-9-21-14/h3-5,10,14H,1-2,6-9,11,17H2,(H,18,19). The molecule has 1 aliphatic heterocycles. The number of hydrogen-bond acceptors (Lipinski definition) is 4. The summed E-state index contributed by atoms with van der Waals surface area (Å²) in [6.45, 7) is 1.63. The Hall–Kier alpha value is -1.43. The molecule has 1 aromatic rings. The molecule has 0 bridgehead atoms. The molecule has 3 N–H and O–H groups in total. The average Bonchev–Trinajstić information content (AvgIpc) is 3.20. The third-order valence-corrected chi connectivity index (χ3v) is 4.47. The van der Waals surface area contributed by atoms with E-state index in [1.807, 2.05) is 24.3 Å². The number of hydrogen-bond donors (Lipinski definition) is 2. The van der Waals surface area contributed by atoms with Gasteiger partial charge in [0.2, 0.25) is 5.91 Å². The van der Waals surface area contributed by atoms with Gasteiger partial charge in [-0.3, -0.25) is 4.79 Å². The van der Waals surface area contributed by atoms with Gasteiger partial charge in [-0.25, -0.2) is 0 Å². The molecule has 1 amide bonds. The third kappa shape index (κ3) is 2.95. The maximum absolute atomic E-state index is 12.5. The van der Waals surface area contributed by atoms with Crippen molar-refractivity contribution in [3.8, 4) is 0 Å². The van der Waals surface area contributed by atoms with E-state index in [0.717, 1.165) is 36.9 Å². The molecule has 1 aromatic carbocycles. The molecular formula is C16H22N2O3. The summed E-state index contributed by atoms with van der Waals surface area (Å²) in [5.74, 6) is 0.0351. The quantitative estimate of drug-likeness (QED) is 0.891. The van der Waals surface area contributed by atoms with Gasteiger partial charge in [0.15, 0.2) is 6.29 Å². The molecule has 21 heavy (non-hydrogen) atoms. The van der Waals surface area contributed by atoms with Gasteiger partial charge in [0.1, 0.15) is 0 Å². The molecule has 1 heterocycles. The largest absolute Gasteiger partial charge is 0.346 e. The number of anilines is 1. The number of benzene rings is 1. The molecule has 0 spiro atoms. The molecule has 0 aromatic heterocycles. The van der Waals surface area contributed by atoms with Crippen molar-refractivity contribution in [2.24, 2.45) is 11.1 Å². The van der Waals surface area contributed by atoms with Crippen LogP contribution in [0.15, 0.2) is 24.3 Å². The van der Waals surface area contributed by atoms with Crippen LogP contribution < -0.4 is 11.1 Å². The van der Waals surface area contributed by atoms with Crippen LogP contribution >= 0.6 is 0 Å². The number of rotatable bonds is 4. The van der Waals surface area contributed by atoms with Crippen LogP contribution in [0.1, 0.15) is 37.5 Å². The van der Waals surface area contributed by atoms with Gasteiger partial charge in [-0.1, -0.05) is 25.0 Å². The number of carbonyl (C=O) groups excluding carboxylic acids is 1. The van der Waals surface area contributed by atoms with Crippen LogP contribution in [0, 0.1) is 5.41 Å². The highest BCUT2D eigenvalue weighted by Crippen LogP contribution is 2.38. The highest BCUT2D eigenvalue weighted by molar-refractivity contribution is 5.95. The molecule has 114 valence electrons. The van der Waals surface area contributed by atoms with Crippen LogP contribution in [-0.4, -0.2) is 25.7 Å². The number of nitrogens with two attached hydrogens (primary N) is 1. The monoisotopic (exact) mass is 290 g/mol. The maximum Gasteiger partial charge on any atom is 0.231 e. The van der Waals surface area contributed by atoms with Crippen LogP contribution in [-0.2, 0) is 14.3 Å². The molecule has 5 heteroatoms. The summed E-state index contributed by atoms with van der Waals surface area (Å²) >= 11 is 0. The van der Waals surface area contributed by atoms with Crippen molar-refractivity contribution in [3.05, 3.63) is 29.8 Å². The van der Waals surface area contributed by atoms with Gasteiger partial charge in [-0.15, -0.1) is 0 Å². The smallest absolute Gasteiger partial charge is 0.231 e. The predicted molar refractivity (Wildman–Crippen MR) is 79.7 cm³/mol. The van der Waals surface area contributed by atoms with Crippen LogP contribution in [0.3, 0.4) is 0 Å². The zero-order valence-corrected chi connectivity index (χ0v) is 12.1. The highest BCUT2D eigenvalue weighted by Gasteiger charge is 2.39. The first-order chi connectivity index (χ1) is 10.2. The minimum absolute atomic E-state index is 0.0351. The van der Waals surface area contributed by atoms with Crippen molar-refractivity contribution in [2.45, 2.75) is 32.0 Å². The minimum atomic E-state index is -0.392. The highest BCUT2D eigenvalue weighted by atomic mass is 16.7. The van der Waals surface area contributed by atoms with E-state index in [0.29, 0.717) is 19.8 Å². The van der Waals surface area contributed by atoms with E-state index in [-0.39, 0.29) is 12.2 Å². The fourth-order valence-electron chi connectivity index (χ4n) is 3.15. The molecule has 5 nitrogen and oxygen atoms in total. The van der Waals surface area contributed by atoms with Crippen molar-refractivity contribution < 1.29 is 14.3 Å². The Kier molecular flexibility index (Phi) is 4.24. The van der Waals surface area contributed by atoms with Gasteiger partial charge >= 0.3 is 0 Å². The molecular weight excluding hydrogens is 268 g/mol. The lowest BCUT2D eigenvalue weighted by atomic mass is 9.85. The fraction of sp³-hybridized carbons (Fsp3) is 0.562. The molecule has 2 aliphatic rings. The number of amides is 1. The molecule has 1 saturated heterocycles. The molecule has 2 fully saturated rings. The normalized spacial score (nSPS) is 21.6. The Morgan fingerprint density at radius 3 is 2.67 bits per heavy atom. The Balaban J connectivity index is 1.72. The molecule has 1 aliphatic carbocycles. The van der Waals surface area contributed by atoms with Crippen LogP contribution in [0.25, 0.3) is 0 Å². The van der Waals surface area contributed by atoms with Crippen LogP contribution in [0.4, 0.5) is 5.69 Å². The molecule has 3 rings (SSSR count). The zero-order valence-electron chi connectivity index (χ0n) is 12.1. The van der Waals surface area contributed by atoms with Gasteiger partial charge in [0, 0.05) is 17.8 Å². The molecule has 1 saturated carbocycles. The Labute approximate surface area is 124 Å². The van der Waals surface area contributed by atoms with Crippen molar-refractivity contribution in [1.29, 1.82) is 0 Å². The van der Waals surface area contributed by atoms with Crippen LogP contribution in [0.2, 0.25) is 0 Å². The van der Waals surface area contributed by atoms with Crippen molar-refractivity contribution in [3.63, 3.8) is 0 Å². The van der Waals surface area contributed by atoms with Gasteiger partial charge in [0.05, 0.1) is 18.6 Å². The maximum atomic E-state index is 12.5. The van der Waals surface area contributed by atoms with Gasteiger partial charge in [-0.05, 0) is 25.0 Å². The second-order valence-electron chi connectivity index (χ2n) is 5.84. The lowest BCUT2D eigenvalue weighted by Crippen LogP contribution is -2.40. The summed E-state index contributed by atoms with van der Waals surface area (Å²) < 4.78 is 11.0. The Morgan fingerprint density at radius 2 is 2.00 bits per heavy atom. The summed E-state index contributed by atoms with van der Waals surface area (Å²) in [5.41, 5.74) is 7.16. The van der Waals surface area contributed by atoms with Gasteiger partial charge < -0.3 is 20.5 Å². The molecule has 0 unspecified atom stereocenters. The Bertz CT molecular complexity index is 506. The number of ether oxygens (including phenoxy) is 2. The van der Waals surface area contributed by atoms with E-state index in [2.05, 4.69) is 5.32 Å². The summed E-state index contributed by atoms with van der Waals surface area (Å²) in [7, 11) is 0. The van der Waals surface area contributed by atoms with Crippen molar-refractivity contribution >= 4 is 11.6 Å². The first kappa shape index (κ1) is 14.5. The molecule has 0 atom stereocenters. The summed E-state index contributed by atoms with van der Waals surface area (Å²) in [6, 6.07) is 7.64. The SMILES string of the molecule is NCC1(C(=O)Nc2cccc(C3OCCO3)c2)CCCC1. The van der Waals surface area contributed by atoms with Gasteiger partial charge in [0.25, 0.3) is 0 Å². The van der Waals surface area contributed by atoms with Crippen LogP contribution in [0.5, 0.6) is 0 Å². The van der Waals surface area contributed by atoms with E-state index in [4.69, 9.17) is 15.2 Å².